The molecular formula is C16H23NOS. The average molecular weight is 277 g/mol. The second-order valence-corrected chi connectivity index (χ2v) is 6.58. The molecule has 0 radical (unpaired) electrons. The number of hydrogen-bond donors (Lipinski definition) is 1. The Bertz CT molecular complexity index is 393. The van der Waals surface area contributed by atoms with Crippen LogP contribution in [-0.2, 0) is 11.2 Å². The van der Waals surface area contributed by atoms with Gasteiger partial charge in [-0.1, -0.05) is 37.3 Å². The van der Waals surface area contributed by atoms with Crippen LogP contribution in [0.5, 0.6) is 0 Å². The van der Waals surface area contributed by atoms with Crippen LogP contribution in [-0.4, -0.2) is 23.5 Å². The van der Waals surface area contributed by atoms with Gasteiger partial charge in [0.1, 0.15) is 0 Å². The van der Waals surface area contributed by atoms with Crippen molar-refractivity contribution in [2.24, 2.45) is 5.92 Å². The second kappa shape index (κ2) is 7.59. The zero-order valence-corrected chi connectivity index (χ0v) is 12.4. The first-order valence-electron chi connectivity index (χ1n) is 7.15. The van der Waals surface area contributed by atoms with Gasteiger partial charge in [-0.25, -0.2) is 0 Å². The van der Waals surface area contributed by atoms with E-state index in [9.17, 15) is 4.79 Å². The van der Waals surface area contributed by atoms with E-state index in [1.165, 1.54) is 12.0 Å². The number of carbonyl (C=O) groups is 1. The summed E-state index contributed by atoms with van der Waals surface area (Å²) in [5, 5.41) is 3.15. The molecule has 19 heavy (non-hydrogen) atoms. The van der Waals surface area contributed by atoms with Gasteiger partial charge in [0.05, 0.1) is 5.75 Å². The van der Waals surface area contributed by atoms with E-state index in [1.54, 1.807) is 11.8 Å². The van der Waals surface area contributed by atoms with Crippen LogP contribution in [0.4, 0.5) is 0 Å². The predicted octanol–water partition coefficient (Wildman–Crippen LogP) is 3.27. The summed E-state index contributed by atoms with van der Waals surface area (Å²) < 4.78 is 0. The van der Waals surface area contributed by atoms with E-state index in [0.717, 1.165) is 30.9 Å². The summed E-state index contributed by atoms with van der Waals surface area (Å²) in [7, 11) is 0. The monoisotopic (exact) mass is 277 g/mol. The normalized spacial score (nSPS) is 22.4. The molecular weight excluding hydrogens is 254 g/mol. The van der Waals surface area contributed by atoms with Crippen molar-refractivity contribution in [3.05, 3.63) is 35.9 Å². The highest BCUT2D eigenvalue weighted by Crippen LogP contribution is 2.24. The third-order valence-electron chi connectivity index (χ3n) is 3.67. The van der Waals surface area contributed by atoms with E-state index in [2.05, 4.69) is 36.5 Å². The molecule has 1 aliphatic carbocycles. The van der Waals surface area contributed by atoms with Gasteiger partial charge in [0, 0.05) is 6.04 Å². The van der Waals surface area contributed by atoms with Gasteiger partial charge < -0.3 is 5.32 Å². The first-order valence-corrected chi connectivity index (χ1v) is 8.30. The SMILES string of the molecule is CC1CCC(NC(=O)CSCCc2ccccc2)C1. The van der Waals surface area contributed by atoms with E-state index >= 15 is 0 Å². The number of amides is 1. The summed E-state index contributed by atoms with van der Waals surface area (Å²) in [6, 6.07) is 10.9. The molecule has 0 bridgehead atoms. The van der Waals surface area contributed by atoms with Crippen molar-refractivity contribution in [3.8, 4) is 0 Å². The Morgan fingerprint density at radius 2 is 2.11 bits per heavy atom. The maximum Gasteiger partial charge on any atom is 0.230 e. The molecule has 1 N–H and O–H groups in total. The molecule has 1 aromatic rings. The minimum absolute atomic E-state index is 0.206. The molecule has 2 atom stereocenters. The van der Waals surface area contributed by atoms with Crippen molar-refractivity contribution in [2.45, 2.75) is 38.6 Å². The van der Waals surface area contributed by atoms with Gasteiger partial charge in [-0.15, -0.1) is 0 Å². The number of hydrogen-bond acceptors (Lipinski definition) is 2. The lowest BCUT2D eigenvalue weighted by atomic mass is 10.1. The van der Waals surface area contributed by atoms with E-state index in [0.29, 0.717) is 11.8 Å². The molecule has 3 heteroatoms. The Kier molecular flexibility index (Phi) is 5.77. The van der Waals surface area contributed by atoms with Crippen LogP contribution in [0.25, 0.3) is 0 Å². The summed E-state index contributed by atoms with van der Waals surface area (Å²) in [5.41, 5.74) is 1.35. The number of rotatable bonds is 6. The van der Waals surface area contributed by atoms with Crippen molar-refractivity contribution in [1.29, 1.82) is 0 Å². The molecule has 0 heterocycles. The molecule has 1 saturated carbocycles. The maximum absolute atomic E-state index is 11.8. The first kappa shape index (κ1) is 14.4. The number of benzene rings is 1. The Balaban J connectivity index is 1.57. The Hall–Kier alpha value is -0.960. The van der Waals surface area contributed by atoms with Crippen LogP contribution in [0, 0.1) is 5.92 Å². The summed E-state index contributed by atoms with van der Waals surface area (Å²) in [4.78, 5) is 11.8. The number of nitrogens with one attached hydrogen (secondary N) is 1. The lowest BCUT2D eigenvalue weighted by Gasteiger charge is -2.12. The zero-order chi connectivity index (χ0) is 13.5. The molecule has 1 amide bonds. The fourth-order valence-corrected chi connectivity index (χ4v) is 3.40. The minimum Gasteiger partial charge on any atom is -0.353 e. The molecule has 0 aliphatic heterocycles. The summed E-state index contributed by atoms with van der Waals surface area (Å²) in [6.07, 6.45) is 4.60. The maximum atomic E-state index is 11.8. The largest absolute Gasteiger partial charge is 0.353 e. The molecule has 1 fully saturated rings. The lowest BCUT2D eigenvalue weighted by Crippen LogP contribution is -2.34. The summed E-state index contributed by atoms with van der Waals surface area (Å²) in [5.74, 6) is 2.59. The van der Waals surface area contributed by atoms with Crippen LogP contribution in [0.1, 0.15) is 31.7 Å². The number of carbonyl (C=O) groups excluding carboxylic acids is 1. The van der Waals surface area contributed by atoms with E-state index < -0.39 is 0 Å². The zero-order valence-electron chi connectivity index (χ0n) is 11.6. The van der Waals surface area contributed by atoms with E-state index in [1.807, 2.05) is 6.07 Å². The molecule has 104 valence electrons. The van der Waals surface area contributed by atoms with Gasteiger partial charge >= 0.3 is 0 Å². The Morgan fingerprint density at radius 3 is 2.79 bits per heavy atom. The highest BCUT2D eigenvalue weighted by atomic mass is 32.2. The standard InChI is InChI=1S/C16H23NOS/c1-13-7-8-15(11-13)17-16(18)12-19-10-9-14-5-3-2-4-6-14/h2-6,13,15H,7-12H2,1H3,(H,17,18). The van der Waals surface area contributed by atoms with Gasteiger partial charge in [0.2, 0.25) is 5.91 Å². The van der Waals surface area contributed by atoms with Gasteiger partial charge in [-0.2, -0.15) is 11.8 Å². The molecule has 0 saturated heterocycles. The third kappa shape index (κ3) is 5.27. The molecule has 1 aliphatic rings. The van der Waals surface area contributed by atoms with Crippen LogP contribution >= 0.6 is 11.8 Å². The fourth-order valence-electron chi connectivity index (χ4n) is 2.61. The molecule has 2 rings (SSSR count). The van der Waals surface area contributed by atoms with Crippen molar-refractivity contribution in [2.75, 3.05) is 11.5 Å². The smallest absolute Gasteiger partial charge is 0.230 e. The van der Waals surface area contributed by atoms with Gasteiger partial charge in [-0.3, -0.25) is 4.79 Å². The first-order chi connectivity index (χ1) is 9.24. The highest BCUT2D eigenvalue weighted by molar-refractivity contribution is 7.99. The van der Waals surface area contributed by atoms with Crippen molar-refractivity contribution < 1.29 is 4.79 Å². The topological polar surface area (TPSA) is 29.1 Å². The quantitative estimate of drug-likeness (QED) is 0.809. The Morgan fingerprint density at radius 1 is 1.32 bits per heavy atom. The summed E-state index contributed by atoms with van der Waals surface area (Å²) >= 11 is 1.73. The third-order valence-corrected chi connectivity index (χ3v) is 4.63. The van der Waals surface area contributed by atoms with Gasteiger partial charge in [0.15, 0.2) is 0 Å². The average Bonchev–Trinajstić information content (AvgIpc) is 2.81. The molecule has 2 unspecified atom stereocenters. The molecule has 1 aromatic carbocycles. The second-order valence-electron chi connectivity index (χ2n) is 5.47. The van der Waals surface area contributed by atoms with E-state index in [4.69, 9.17) is 0 Å². The van der Waals surface area contributed by atoms with Gasteiger partial charge in [-0.05, 0) is 42.9 Å². The van der Waals surface area contributed by atoms with Crippen LogP contribution in [0.2, 0.25) is 0 Å². The Labute approximate surface area is 120 Å². The fraction of sp³-hybridized carbons (Fsp3) is 0.562. The highest BCUT2D eigenvalue weighted by Gasteiger charge is 2.22. The molecule has 2 nitrogen and oxygen atoms in total. The van der Waals surface area contributed by atoms with Crippen molar-refractivity contribution in [3.63, 3.8) is 0 Å². The predicted molar refractivity (Wildman–Crippen MR) is 82.4 cm³/mol. The molecule has 0 aromatic heterocycles. The van der Waals surface area contributed by atoms with Gasteiger partial charge in [0.25, 0.3) is 0 Å². The van der Waals surface area contributed by atoms with Crippen molar-refractivity contribution >= 4 is 17.7 Å². The summed E-state index contributed by atoms with van der Waals surface area (Å²) in [6.45, 7) is 2.26. The lowest BCUT2D eigenvalue weighted by molar-refractivity contribution is -0.119. The molecule has 0 spiro atoms. The van der Waals surface area contributed by atoms with Crippen molar-refractivity contribution in [1.82, 2.24) is 5.32 Å². The van der Waals surface area contributed by atoms with Crippen LogP contribution in [0.15, 0.2) is 30.3 Å². The minimum atomic E-state index is 0.206. The number of thioether (sulfide) groups is 1. The number of aryl methyl sites for hydroxylation is 1. The van der Waals surface area contributed by atoms with E-state index in [-0.39, 0.29) is 5.91 Å². The van der Waals surface area contributed by atoms with Crippen LogP contribution in [0.3, 0.4) is 0 Å². The van der Waals surface area contributed by atoms with Crippen LogP contribution < -0.4 is 5.32 Å².